The molecule has 60 valence electrons. The lowest BCUT2D eigenvalue weighted by Crippen LogP contribution is -2.32. The summed E-state index contributed by atoms with van der Waals surface area (Å²) in [6.45, 7) is 0. The Hall–Kier alpha value is -0.130. The zero-order chi connectivity index (χ0) is 7.61. The van der Waals surface area contributed by atoms with Gasteiger partial charge in [0, 0.05) is 0 Å². The smallest absolute Gasteiger partial charge is 0.152 e. The minimum atomic E-state index is -2.85. The van der Waals surface area contributed by atoms with E-state index in [1.807, 2.05) is 0 Å². The van der Waals surface area contributed by atoms with Gasteiger partial charge in [0.05, 0.1) is 17.6 Å². The van der Waals surface area contributed by atoms with Gasteiger partial charge in [0.25, 0.3) is 0 Å². The first-order valence-electron chi connectivity index (χ1n) is 3.20. The third kappa shape index (κ3) is 1.93. The monoisotopic (exact) mass is 165 g/mol. The van der Waals surface area contributed by atoms with Crippen LogP contribution < -0.4 is 5.90 Å². The Morgan fingerprint density at radius 1 is 1.50 bits per heavy atom. The maximum Gasteiger partial charge on any atom is 0.152 e. The molecule has 4 nitrogen and oxygen atoms in total. The van der Waals surface area contributed by atoms with E-state index in [4.69, 9.17) is 5.90 Å². The highest BCUT2D eigenvalue weighted by molar-refractivity contribution is 7.91. The molecule has 0 radical (unpaired) electrons. The van der Waals surface area contributed by atoms with Gasteiger partial charge in [-0.25, -0.2) is 14.3 Å². The highest BCUT2D eigenvalue weighted by Crippen LogP contribution is 2.12. The molecule has 1 fully saturated rings. The second kappa shape index (κ2) is 2.86. The first-order chi connectivity index (χ1) is 4.64. The molecule has 1 unspecified atom stereocenters. The van der Waals surface area contributed by atoms with Crippen LogP contribution in [0.2, 0.25) is 0 Å². The van der Waals surface area contributed by atoms with Crippen molar-refractivity contribution in [2.75, 3.05) is 11.5 Å². The van der Waals surface area contributed by atoms with E-state index >= 15 is 0 Å². The van der Waals surface area contributed by atoms with Crippen molar-refractivity contribution < 1.29 is 13.3 Å². The molecule has 0 aromatic heterocycles. The van der Waals surface area contributed by atoms with Crippen molar-refractivity contribution in [3.05, 3.63) is 0 Å². The molecule has 1 aliphatic heterocycles. The van der Waals surface area contributed by atoms with Gasteiger partial charge >= 0.3 is 0 Å². The molecule has 0 aromatic rings. The Kier molecular flexibility index (Phi) is 2.28. The lowest BCUT2D eigenvalue weighted by molar-refractivity contribution is 0.0600. The molecule has 2 N–H and O–H groups in total. The Bertz CT molecular complexity index is 199. The molecule has 1 heterocycles. The van der Waals surface area contributed by atoms with Crippen LogP contribution in [0.3, 0.4) is 0 Å². The van der Waals surface area contributed by atoms with Crippen molar-refractivity contribution in [3.8, 4) is 0 Å². The molecule has 1 aliphatic rings. The SMILES string of the molecule is NOC1CCCS(=O)(=O)C1. The molecule has 1 atom stereocenters. The van der Waals surface area contributed by atoms with Gasteiger partial charge in [-0.05, 0) is 12.8 Å². The fraction of sp³-hybridized carbons (Fsp3) is 1.00. The van der Waals surface area contributed by atoms with Crippen LogP contribution >= 0.6 is 0 Å². The van der Waals surface area contributed by atoms with Crippen molar-refractivity contribution in [1.29, 1.82) is 0 Å². The largest absolute Gasteiger partial charge is 0.300 e. The van der Waals surface area contributed by atoms with E-state index in [1.54, 1.807) is 0 Å². The van der Waals surface area contributed by atoms with E-state index in [-0.39, 0.29) is 17.6 Å². The third-order valence-corrected chi connectivity index (χ3v) is 3.40. The summed E-state index contributed by atoms with van der Waals surface area (Å²) in [5, 5.41) is 0. The Labute approximate surface area is 60.2 Å². The molecule has 5 heteroatoms. The van der Waals surface area contributed by atoms with Crippen LogP contribution in [0.5, 0.6) is 0 Å². The maximum atomic E-state index is 10.9. The van der Waals surface area contributed by atoms with Gasteiger partial charge in [-0.1, -0.05) is 0 Å². The van der Waals surface area contributed by atoms with Crippen LogP contribution in [-0.2, 0) is 14.7 Å². The summed E-state index contributed by atoms with van der Waals surface area (Å²) in [6.07, 6.45) is 1.15. The normalized spacial score (nSPS) is 31.9. The second-order valence-corrected chi connectivity index (χ2v) is 4.74. The number of rotatable bonds is 1. The van der Waals surface area contributed by atoms with E-state index in [0.29, 0.717) is 6.42 Å². The summed E-state index contributed by atoms with van der Waals surface area (Å²) in [5.74, 6) is 5.23. The van der Waals surface area contributed by atoms with Crippen LogP contribution in [0.1, 0.15) is 12.8 Å². The maximum absolute atomic E-state index is 10.9. The summed E-state index contributed by atoms with van der Waals surface area (Å²) in [4.78, 5) is 4.45. The predicted molar refractivity (Wildman–Crippen MR) is 36.9 cm³/mol. The van der Waals surface area contributed by atoms with E-state index in [1.165, 1.54) is 0 Å². The predicted octanol–water partition coefficient (Wildman–Crippen LogP) is -0.546. The number of hydrogen-bond acceptors (Lipinski definition) is 4. The van der Waals surface area contributed by atoms with E-state index < -0.39 is 9.84 Å². The summed E-state index contributed by atoms with van der Waals surface area (Å²) < 4.78 is 21.8. The number of nitrogens with two attached hydrogens (primary N) is 1. The van der Waals surface area contributed by atoms with Crippen molar-refractivity contribution >= 4 is 9.84 Å². The topological polar surface area (TPSA) is 69.4 Å². The van der Waals surface area contributed by atoms with Crippen LogP contribution in [0, 0.1) is 0 Å². The fourth-order valence-electron chi connectivity index (χ4n) is 1.09. The average molecular weight is 165 g/mol. The van der Waals surface area contributed by atoms with Gasteiger partial charge in [0.2, 0.25) is 0 Å². The molecule has 0 saturated carbocycles. The molecule has 0 bridgehead atoms. The van der Waals surface area contributed by atoms with Crippen molar-refractivity contribution in [1.82, 2.24) is 0 Å². The Balaban J connectivity index is 2.56. The first kappa shape index (κ1) is 7.97. The van der Waals surface area contributed by atoms with Crippen LogP contribution in [0.15, 0.2) is 0 Å². The van der Waals surface area contributed by atoms with Crippen molar-refractivity contribution in [2.45, 2.75) is 18.9 Å². The van der Waals surface area contributed by atoms with Gasteiger partial charge in [0.1, 0.15) is 0 Å². The molecular weight excluding hydrogens is 154 g/mol. The summed E-state index contributed by atoms with van der Waals surface area (Å²) >= 11 is 0. The summed E-state index contributed by atoms with van der Waals surface area (Å²) in [7, 11) is -2.85. The van der Waals surface area contributed by atoms with Crippen LogP contribution in [-0.4, -0.2) is 26.0 Å². The minimum absolute atomic E-state index is 0.0868. The first-order valence-corrected chi connectivity index (χ1v) is 5.02. The van der Waals surface area contributed by atoms with E-state index in [9.17, 15) is 8.42 Å². The molecule has 0 amide bonds. The van der Waals surface area contributed by atoms with Gasteiger partial charge in [0.15, 0.2) is 9.84 Å². The molecule has 1 rings (SSSR count). The molecule has 0 spiro atoms. The minimum Gasteiger partial charge on any atom is -0.300 e. The molecule has 1 saturated heterocycles. The number of hydrogen-bond donors (Lipinski definition) is 1. The highest BCUT2D eigenvalue weighted by atomic mass is 32.2. The van der Waals surface area contributed by atoms with E-state index in [2.05, 4.69) is 4.84 Å². The molecule has 0 aliphatic carbocycles. The third-order valence-electron chi connectivity index (χ3n) is 1.61. The van der Waals surface area contributed by atoms with Crippen LogP contribution in [0.4, 0.5) is 0 Å². The zero-order valence-electron chi connectivity index (χ0n) is 5.62. The standard InChI is InChI=1S/C5H11NO3S/c6-9-5-2-1-3-10(7,8)4-5/h5H,1-4,6H2. The average Bonchev–Trinajstić information content (AvgIpc) is 1.86. The zero-order valence-corrected chi connectivity index (χ0v) is 6.43. The highest BCUT2D eigenvalue weighted by Gasteiger charge is 2.24. The van der Waals surface area contributed by atoms with Gasteiger partial charge in [-0.2, -0.15) is 0 Å². The number of sulfone groups is 1. The summed E-state index contributed by atoms with van der Waals surface area (Å²) in [6, 6.07) is 0. The van der Waals surface area contributed by atoms with Gasteiger partial charge in [-0.15, -0.1) is 0 Å². The Morgan fingerprint density at radius 2 is 2.20 bits per heavy atom. The van der Waals surface area contributed by atoms with Gasteiger partial charge < -0.3 is 4.84 Å². The van der Waals surface area contributed by atoms with Crippen molar-refractivity contribution in [2.24, 2.45) is 5.90 Å². The molecular formula is C5H11NO3S. The fourth-order valence-corrected chi connectivity index (χ4v) is 2.67. The summed E-state index contributed by atoms with van der Waals surface area (Å²) in [5.41, 5.74) is 0. The second-order valence-electron chi connectivity index (χ2n) is 2.51. The van der Waals surface area contributed by atoms with Gasteiger partial charge in [-0.3, -0.25) is 0 Å². The lowest BCUT2D eigenvalue weighted by atomic mass is 10.2. The van der Waals surface area contributed by atoms with Crippen LogP contribution in [0.25, 0.3) is 0 Å². The Morgan fingerprint density at radius 3 is 2.60 bits per heavy atom. The molecule has 0 aromatic carbocycles. The van der Waals surface area contributed by atoms with E-state index in [0.717, 1.165) is 6.42 Å². The molecule has 10 heavy (non-hydrogen) atoms. The lowest BCUT2D eigenvalue weighted by Gasteiger charge is -2.18. The van der Waals surface area contributed by atoms with Crippen molar-refractivity contribution in [3.63, 3.8) is 0 Å². The quantitative estimate of drug-likeness (QED) is 0.529.